The summed E-state index contributed by atoms with van der Waals surface area (Å²) < 4.78 is 0. The molecule has 2 rings (SSSR count). The molecule has 0 radical (unpaired) electrons. The van der Waals surface area contributed by atoms with Crippen molar-refractivity contribution in [3.63, 3.8) is 0 Å². The maximum atomic E-state index is 12.4. The number of carbonyl (C=O) groups is 1. The Hall–Kier alpha value is -0.570. The maximum Gasteiger partial charge on any atom is 0.241 e. The largest absolute Gasteiger partial charge is 0.326 e. The molecule has 1 amide bonds. The lowest BCUT2D eigenvalue weighted by atomic mass is 9.75. The minimum absolute atomic E-state index is 0.0694. The summed E-state index contributed by atoms with van der Waals surface area (Å²) in [4.78, 5) is 14.5. The van der Waals surface area contributed by atoms with Crippen LogP contribution in [-0.2, 0) is 4.79 Å². The fraction of sp³-hybridized carbons (Fsp3) is 0.933. The summed E-state index contributed by atoms with van der Waals surface area (Å²) in [5.74, 6) is 0.921. The summed E-state index contributed by atoms with van der Waals surface area (Å²) in [6.45, 7) is 9.81. The van der Waals surface area contributed by atoms with Crippen LogP contribution in [0.1, 0.15) is 59.8 Å². The Labute approximate surface area is 111 Å². The topological polar surface area (TPSA) is 32.3 Å². The molecule has 2 aliphatic rings. The van der Waals surface area contributed by atoms with Crippen molar-refractivity contribution in [2.45, 2.75) is 71.9 Å². The van der Waals surface area contributed by atoms with Crippen LogP contribution in [0.3, 0.4) is 0 Å². The molecule has 2 fully saturated rings. The lowest BCUT2D eigenvalue weighted by molar-refractivity contribution is -0.132. The summed E-state index contributed by atoms with van der Waals surface area (Å²) >= 11 is 0. The van der Waals surface area contributed by atoms with E-state index in [0.717, 1.165) is 13.1 Å². The molecule has 1 saturated heterocycles. The molecular formula is C15H28N2O. The van der Waals surface area contributed by atoms with Gasteiger partial charge in [0.25, 0.3) is 0 Å². The predicted octanol–water partition coefficient (Wildman–Crippen LogP) is 2.76. The second-order valence-electron chi connectivity index (χ2n) is 7.25. The fourth-order valence-corrected chi connectivity index (χ4v) is 3.23. The molecule has 1 atom stereocenters. The Kier molecular flexibility index (Phi) is 4.00. The van der Waals surface area contributed by atoms with Gasteiger partial charge in [-0.1, -0.05) is 27.7 Å². The molecule has 1 saturated carbocycles. The van der Waals surface area contributed by atoms with Crippen LogP contribution in [0.2, 0.25) is 0 Å². The van der Waals surface area contributed by atoms with Gasteiger partial charge in [-0.3, -0.25) is 10.1 Å². The Morgan fingerprint density at radius 1 is 1.33 bits per heavy atom. The lowest BCUT2D eigenvalue weighted by Crippen LogP contribution is -2.42. The predicted molar refractivity (Wildman–Crippen MR) is 74.1 cm³/mol. The van der Waals surface area contributed by atoms with Gasteiger partial charge in [0.1, 0.15) is 0 Å². The zero-order valence-electron chi connectivity index (χ0n) is 12.3. The highest BCUT2D eigenvalue weighted by Gasteiger charge is 2.38. The van der Waals surface area contributed by atoms with Crippen molar-refractivity contribution in [3.8, 4) is 0 Å². The number of hydrogen-bond acceptors (Lipinski definition) is 2. The Bertz CT molecular complexity index is 302. The van der Waals surface area contributed by atoms with Crippen LogP contribution in [0.5, 0.6) is 0 Å². The molecule has 1 aliphatic carbocycles. The van der Waals surface area contributed by atoms with Crippen LogP contribution >= 0.6 is 0 Å². The van der Waals surface area contributed by atoms with E-state index in [9.17, 15) is 4.79 Å². The van der Waals surface area contributed by atoms with E-state index in [0.29, 0.717) is 23.3 Å². The first-order valence-corrected chi connectivity index (χ1v) is 7.43. The zero-order chi connectivity index (χ0) is 13.3. The third-order valence-electron chi connectivity index (χ3n) is 4.55. The number of carbonyl (C=O) groups excluding carboxylic acids is 1. The van der Waals surface area contributed by atoms with E-state index in [1.165, 1.54) is 25.7 Å². The minimum atomic E-state index is 0.0694. The zero-order valence-corrected chi connectivity index (χ0v) is 12.3. The van der Waals surface area contributed by atoms with Crippen molar-refractivity contribution >= 4 is 5.91 Å². The molecule has 0 aromatic carbocycles. The summed E-state index contributed by atoms with van der Waals surface area (Å²) in [5, 5.41) is 3.38. The van der Waals surface area contributed by atoms with Crippen LogP contribution in [-0.4, -0.2) is 29.6 Å². The standard InChI is InChI=1S/C15H28N2O/c1-11(2)9-13-14(18)17(10-16-13)12-5-7-15(3,4)8-6-12/h11-13,16H,5-10H2,1-4H3. The van der Waals surface area contributed by atoms with Crippen LogP contribution in [0.15, 0.2) is 0 Å². The van der Waals surface area contributed by atoms with Crippen molar-refractivity contribution < 1.29 is 4.79 Å². The number of nitrogens with one attached hydrogen (secondary N) is 1. The summed E-state index contributed by atoms with van der Waals surface area (Å²) in [7, 11) is 0. The van der Waals surface area contributed by atoms with Gasteiger partial charge < -0.3 is 4.90 Å². The molecule has 1 N–H and O–H groups in total. The normalized spacial score (nSPS) is 29.3. The molecule has 18 heavy (non-hydrogen) atoms. The van der Waals surface area contributed by atoms with Crippen molar-refractivity contribution in [3.05, 3.63) is 0 Å². The lowest BCUT2D eigenvalue weighted by Gasteiger charge is -2.38. The van der Waals surface area contributed by atoms with Gasteiger partial charge in [0, 0.05) is 6.04 Å². The Morgan fingerprint density at radius 3 is 2.50 bits per heavy atom. The molecule has 0 aromatic heterocycles. The van der Waals surface area contributed by atoms with Gasteiger partial charge >= 0.3 is 0 Å². The molecular weight excluding hydrogens is 224 g/mol. The van der Waals surface area contributed by atoms with E-state index in [-0.39, 0.29) is 6.04 Å². The smallest absolute Gasteiger partial charge is 0.241 e. The third-order valence-corrected chi connectivity index (χ3v) is 4.55. The van der Waals surface area contributed by atoms with E-state index >= 15 is 0 Å². The van der Waals surface area contributed by atoms with Gasteiger partial charge in [-0.05, 0) is 43.4 Å². The molecule has 3 heteroatoms. The maximum absolute atomic E-state index is 12.4. The first kappa shape index (κ1) is 13.9. The van der Waals surface area contributed by atoms with E-state index in [2.05, 4.69) is 37.9 Å². The van der Waals surface area contributed by atoms with Gasteiger partial charge in [-0.25, -0.2) is 0 Å². The van der Waals surface area contributed by atoms with E-state index in [1.54, 1.807) is 0 Å². The quantitative estimate of drug-likeness (QED) is 0.837. The molecule has 0 aromatic rings. The van der Waals surface area contributed by atoms with Gasteiger partial charge in [0.15, 0.2) is 0 Å². The highest BCUT2D eigenvalue weighted by Crippen LogP contribution is 2.37. The van der Waals surface area contributed by atoms with E-state index < -0.39 is 0 Å². The molecule has 1 unspecified atom stereocenters. The molecule has 1 heterocycles. The third kappa shape index (κ3) is 3.05. The number of amides is 1. The summed E-state index contributed by atoms with van der Waals surface area (Å²) in [6, 6.07) is 0.551. The van der Waals surface area contributed by atoms with Crippen molar-refractivity contribution in [2.24, 2.45) is 11.3 Å². The molecule has 0 spiro atoms. The van der Waals surface area contributed by atoms with Gasteiger partial charge in [-0.2, -0.15) is 0 Å². The summed E-state index contributed by atoms with van der Waals surface area (Å²) in [5.41, 5.74) is 0.476. The molecule has 0 bridgehead atoms. The second kappa shape index (κ2) is 5.20. The van der Waals surface area contributed by atoms with Crippen LogP contribution in [0, 0.1) is 11.3 Å². The van der Waals surface area contributed by atoms with Crippen LogP contribution in [0.25, 0.3) is 0 Å². The monoisotopic (exact) mass is 252 g/mol. The van der Waals surface area contributed by atoms with Crippen molar-refractivity contribution in [2.75, 3.05) is 6.67 Å². The number of nitrogens with zero attached hydrogens (tertiary/aromatic N) is 1. The Balaban J connectivity index is 1.90. The van der Waals surface area contributed by atoms with Crippen molar-refractivity contribution in [1.82, 2.24) is 10.2 Å². The van der Waals surface area contributed by atoms with Gasteiger partial charge in [-0.15, -0.1) is 0 Å². The minimum Gasteiger partial charge on any atom is -0.326 e. The average molecular weight is 252 g/mol. The first-order valence-electron chi connectivity index (χ1n) is 7.43. The molecule has 1 aliphatic heterocycles. The van der Waals surface area contributed by atoms with E-state index in [1.807, 2.05) is 0 Å². The SMILES string of the molecule is CC(C)CC1NCN(C2CCC(C)(C)CC2)C1=O. The van der Waals surface area contributed by atoms with Gasteiger partial charge in [0.05, 0.1) is 12.7 Å². The van der Waals surface area contributed by atoms with Crippen molar-refractivity contribution in [1.29, 1.82) is 0 Å². The molecule has 3 nitrogen and oxygen atoms in total. The van der Waals surface area contributed by atoms with Crippen LogP contribution in [0.4, 0.5) is 0 Å². The second-order valence-corrected chi connectivity index (χ2v) is 7.25. The Morgan fingerprint density at radius 2 is 1.94 bits per heavy atom. The highest BCUT2D eigenvalue weighted by atomic mass is 16.2. The van der Waals surface area contributed by atoms with Crippen LogP contribution < -0.4 is 5.32 Å². The molecule has 104 valence electrons. The highest BCUT2D eigenvalue weighted by molar-refractivity contribution is 5.84. The van der Waals surface area contributed by atoms with Gasteiger partial charge in [0.2, 0.25) is 5.91 Å². The number of rotatable bonds is 3. The summed E-state index contributed by atoms with van der Waals surface area (Å²) in [6.07, 6.45) is 5.81. The average Bonchev–Trinajstić information content (AvgIpc) is 2.60. The number of hydrogen-bond donors (Lipinski definition) is 1. The first-order chi connectivity index (χ1) is 8.39. The van der Waals surface area contributed by atoms with E-state index in [4.69, 9.17) is 0 Å². The fourth-order valence-electron chi connectivity index (χ4n) is 3.23.